The van der Waals surface area contributed by atoms with Gasteiger partial charge in [-0.3, -0.25) is 9.78 Å². The van der Waals surface area contributed by atoms with Gasteiger partial charge in [-0.05, 0) is 36.2 Å². The number of carbonyl (C=O) groups is 1. The van der Waals surface area contributed by atoms with Crippen molar-refractivity contribution in [2.75, 3.05) is 11.9 Å². The van der Waals surface area contributed by atoms with E-state index < -0.39 is 0 Å². The van der Waals surface area contributed by atoms with Gasteiger partial charge in [0.15, 0.2) is 0 Å². The topological polar surface area (TPSA) is 75.1 Å². The van der Waals surface area contributed by atoms with E-state index in [-0.39, 0.29) is 18.9 Å². The molecule has 2 heterocycles. The van der Waals surface area contributed by atoms with Gasteiger partial charge in [0.25, 0.3) is 0 Å². The lowest BCUT2D eigenvalue weighted by Gasteiger charge is -2.05. The summed E-state index contributed by atoms with van der Waals surface area (Å²) in [6, 6.07) is 13.1. The van der Waals surface area contributed by atoms with Gasteiger partial charge >= 0.3 is 0 Å². The first-order valence-corrected chi connectivity index (χ1v) is 8.48. The highest BCUT2D eigenvalue weighted by Gasteiger charge is 2.10. The fourth-order valence-corrected chi connectivity index (χ4v) is 3.04. The van der Waals surface area contributed by atoms with Crippen LogP contribution in [0.15, 0.2) is 54.0 Å². The number of nitrogens with zero attached hydrogens (tertiary/aromatic N) is 2. The average molecular weight is 339 g/mol. The highest BCUT2D eigenvalue weighted by Crippen LogP contribution is 2.21. The third-order valence-electron chi connectivity index (χ3n) is 3.42. The van der Waals surface area contributed by atoms with Gasteiger partial charge in [0, 0.05) is 23.9 Å². The average Bonchev–Trinajstić information content (AvgIpc) is 3.06. The summed E-state index contributed by atoms with van der Waals surface area (Å²) in [6.07, 6.45) is 2.56. The quantitative estimate of drug-likeness (QED) is 0.724. The van der Waals surface area contributed by atoms with Crippen molar-refractivity contribution in [1.29, 1.82) is 0 Å². The first-order chi connectivity index (χ1) is 11.7. The molecule has 3 rings (SSSR count). The fraction of sp³-hybridized carbons (Fsp3) is 0.167. The molecule has 0 radical (unpaired) electrons. The van der Waals surface area contributed by atoms with Crippen molar-refractivity contribution in [3.05, 3.63) is 65.3 Å². The Morgan fingerprint density at radius 2 is 2.00 bits per heavy atom. The number of anilines is 1. The summed E-state index contributed by atoms with van der Waals surface area (Å²) >= 11 is 1.48. The maximum Gasteiger partial charge on any atom is 0.230 e. The predicted molar refractivity (Wildman–Crippen MR) is 94.9 cm³/mol. The van der Waals surface area contributed by atoms with E-state index in [1.165, 1.54) is 11.3 Å². The molecule has 0 bridgehead atoms. The Bertz CT molecular complexity index is 801. The van der Waals surface area contributed by atoms with E-state index in [4.69, 9.17) is 5.11 Å². The SMILES string of the molecule is O=C(Cc1csc(-c2ccccn2)n1)Nc1ccc(CCO)cc1. The number of amides is 1. The van der Waals surface area contributed by atoms with Crippen molar-refractivity contribution in [1.82, 2.24) is 9.97 Å². The van der Waals surface area contributed by atoms with E-state index in [0.29, 0.717) is 6.42 Å². The summed E-state index contributed by atoms with van der Waals surface area (Å²) < 4.78 is 0. The molecule has 3 aromatic rings. The highest BCUT2D eigenvalue weighted by molar-refractivity contribution is 7.13. The second-order valence-corrected chi connectivity index (χ2v) is 6.11. The Kier molecular flexibility index (Phi) is 5.30. The minimum atomic E-state index is -0.109. The maximum absolute atomic E-state index is 12.1. The minimum Gasteiger partial charge on any atom is -0.396 e. The molecular weight excluding hydrogens is 322 g/mol. The van der Waals surface area contributed by atoms with Crippen molar-refractivity contribution in [2.45, 2.75) is 12.8 Å². The number of pyridine rings is 1. The Hall–Kier alpha value is -2.57. The van der Waals surface area contributed by atoms with Gasteiger partial charge in [0.2, 0.25) is 5.91 Å². The highest BCUT2D eigenvalue weighted by atomic mass is 32.1. The number of rotatable bonds is 6. The Morgan fingerprint density at radius 3 is 2.71 bits per heavy atom. The van der Waals surface area contributed by atoms with Crippen LogP contribution in [0.2, 0.25) is 0 Å². The molecule has 0 saturated carbocycles. The summed E-state index contributed by atoms with van der Waals surface area (Å²) in [4.78, 5) is 20.9. The molecule has 0 aliphatic rings. The van der Waals surface area contributed by atoms with Crippen LogP contribution in [0.5, 0.6) is 0 Å². The molecule has 6 heteroatoms. The van der Waals surface area contributed by atoms with Crippen LogP contribution in [-0.4, -0.2) is 27.6 Å². The monoisotopic (exact) mass is 339 g/mol. The van der Waals surface area contributed by atoms with Gasteiger partial charge in [0.05, 0.1) is 17.8 Å². The van der Waals surface area contributed by atoms with Gasteiger partial charge < -0.3 is 10.4 Å². The van der Waals surface area contributed by atoms with Crippen LogP contribution >= 0.6 is 11.3 Å². The van der Waals surface area contributed by atoms with Gasteiger partial charge in [-0.2, -0.15) is 0 Å². The Balaban J connectivity index is 1.60. The summed E-state index contributed by atoms with van der Waals surface area (Å²) in [5.41, 5.74) is 3.32. The number of aromatic nitrogens is 2. The van der Waals surface area contributed by atoms with Crippen LogP contribution in [0.25, 0.3) is 10.7 Å². The molecule has 122 valence electrons. The molecule has 1 amide bonds. The molecule has 24 heavy (non-hydrogen) atoms. The lowest BCUT2D eigenvalue weighted by molar-refractivity contribution is -0.115. The molecule has 1 aromatic carbocycles. The standard InChI is InChI=1S/C18H17N3O2S/c22-10-8-13-4-6-14(7-5-13)20-17(23)11-15-12-24-18(21-15)16-3-1-2-9-19-16/h1-7,9,12,22H,8,10-11H2,(H,20,23). The molecule has 0 fully saturated rings. The van der Waals surface area contributed by atoms with Crippen LogP contribution in [0.1, 0.15) is 11.3 Å². The van der Waals surface area contributed by atoms with Crippen molar-refractivity contribution >= 4 is 22.9 Å². The second-order valence-electron chi connectivity index (χ2n) is 5.25. The normalized spacial score (nSPS) is 10.5. The van der Waals surface area contributed by atoms with Crippen molar-refractivity contribution in [2.24, 2.45) is 0 Å². The van der Waals surface area contributed by atoms with E-state index in [0.717, 1.165) is 27.6 Å². The van der Waals surface area contributed by atoms with Gasteiger partial charge in [-0.15, -0.1) is 11.3 Å². The van der Waals surface area contributed by atoms with Crippen molar-refractivity contribution < 1.29 is 9.90 Å². The lowest BCUT2D eigenvalue weighted by atomic mass is 10.1. The molecule has 5 nitrogen and oxygen atoms in total. The molecule has 0 saturated heterocycles. The number of hydrogen-bond donors (Lipinski definition) is 2. The number of hydrogen-bond acceptors (Lipinski definition) is 5. The van der Waals surface area contributed by atoms with Gasteiger partial charge in [0.1, 0.15) is 5.01 Å². The number of nitrogens with one attached hydrogen (secondary N) is 1. The third-order valence-corrected chi connectivity index (χ3v) is 4.33. The smallest absolute Gasteiger partial charge is 0.230 e. The second kappa shape index (κ2) is 7.81. The first kappa shape index (κ1) is 16.3. The third kappa shape index (κ3) is 4.24. The Morgan fingerprint density at radius 1 is 1.17 bits per heavy atom. The molecule has 0 aliphatic heterocycles. The van der Waals surface area contributed by atoms with Crippen LogP contribution < -0.4 is 5.32 Å². The lowest BCUT2D eigenvalue weighted by Crippen LogP contribution is -2.14. The number of thiazole rings is 1. The Labute approximate surface area is 144 Å². The zero-order valence-corrected chi connectivity index (χ0v) is 13.8. The van der Waals surface area contributed by atoms with Crippen LogP contribution in [0, 0.1) is 0 Å². The fourth-order valence-electron chi connectivity index (χ4n) is 2.25. The number of aliphatic hydroxyl groups excluding tert-OH is 1. The van der Waals surface area contributed by atoms with E-state index >= 15 is 0 Å². The molecule has 2 N–H and O–H groups in total. The largest absolute Gasteiger partial charge is 0.396 e. The maximum atomic E-state index is 12.1. The first-order valence-electron chi connectivity index (χ1n) is 7.60. The summed E-state index contributed by atoms with van der Waals surface area (Å²) in [5.74, 6) is -0.109. The number of carbonyl (C=O) groups excluding carboxylic acids is 1. The number of benzene rings is 1. The zero-order valence-electron chi connectivity index (χ0n) is 13.0. The minimum absolute atomic E-state index is 0.109. The molecule has 0 aliphatic carbocycles. The van der Waals surface area contributed by atoms with Crippen LogP contribution in [-0.2, 0) is 17.6 Å². The van der Waals surface area contributed by atoms with Gasteiger partial charge in [-0.1, -0.05) is 18.2 Å². The van der Waals surface area contributed by atoms with Crippen LogP contribution in [0.3, 0.4) is 0 Å². The molecule has 2 aromatic heterocycles. The predicted octanol–water partition coefficient (Wildman–Crippen LogP) is 2.92. The number of aliphatic hydroxyl groups is 1. The molecule has 0 atom stereocenters. The summed E-state index contributed by atoms with van der Waals surface area (Å²) in [5, 5.41) is 14.5. The van der Waals surface area contributed by atoms with Crippen molar-refractivity contribution in [3.8, 4) is 10.7 Å². The van der Waals surface area contributed by atoms with Crippen LogP contribution in [0.4, 0.5) is 5.69 Å². The van der Waals surface area contributed by atoms with E-state index in [9.17, 15) is 4.79 Å². The van der Waals surface area contributed by atoms with E-state index in [2.05, 4.69) is 15.3 Å². The van der Waals surface area contributed by atoms with Gasteiger partial charge in [-0.25, -0.2) is 4.98 Å². The molecule has 0 unspecified atom stereocenters. The zero-order chi connectivity index (χ0) is 16.8. The molecule has 0 spiro atoms. The van der Waals surface area contributed by atoms with E-state index in [1.807, 2.05) is 47.8 Å². The van der Waals surface area contributed by atoms with Crippen molar-refractivity contribution in [3.63, 3.8) is 0 Å². The summed E-state index contributed by atoms with van der Waals surface area (Å²) in [7, 11) is 0. The molecular formula is C18H17N3O2S. The van der Waals surface area contributed by atoms with E-state index in [1.54, 1.807) is 6.20 Å². The summed E-state index contributed by atoms with van der Waals surface area (Å²) in [6.45, 7) is 0.119.